The zero-order chi connectivity index (χ0) is 16.9. The molecule has 2 amide bonds. The number of rotatable bonds is 4. The summed E-state index contributed by atoms with van der Waals surface area (Å²) in [7, 11) is 0. The van der Waals surface area contributed by atoms with E-state index in [0.29, 0.717) is 5.13 Å². The monoisotopic (exact) mass is 347 g/mol. The van der Waals surface area contributed by atoms with Crippen molar-refractivity contribution in [2.24, 2.45) is 0 Å². The van der Waals surface area contributed by atoms with E-state index >= 15 is 0 Å². The van der Waals surface area contributed by atoms with Gasteiger partial charge in [-0.2, -0.15) is 0 Å². The number of carbonyl (C=O) groups excluding carboxylic acids is 2. The Morgan fingerprint density at radius 1 is 1.38 bits per heavy atom. The number of likely N-dealkylation sites (tertiary alicyclic amines) is 1. The van der Waals surface area contributed by atoms with Gasteiger partial charge in [0, 0.05) is 18.0 Å². The van der Waals surface area contributed by atoms with Crippen molar-refractivity contribution in [2.45, 2.75) is 25.2 Å². The van der Waals surface area contributed by atoms with Crippen LogP contribution in [0.5, 0.6) is 0 Å². The molecule has 0 saturated carbocycles. The normalized spacial score (nSPS) is 20.0. The lowest BCUT2D eigenvalue weighted by molar-refractivity contribution is -0.120. The number of nitrogens with zero attached hydrogens (tertiary/aromatic N) is 2. The molecule has 1 aliphatic heterocycles. The van der Waals surface area contributed by atoms with Gasteiger partial charge in [0.25, 0.3) is 0 Å². The molecule has 126 valence electrons. The summed E-state index contributed by atoms with van der Waals surface area (Å²) in [6.07, 6.45) is 0.392. The summed E-state index contributed by atoms with van der Waals surface area (Å²) >= 11 is 1.29. The number of nitrogens with one attached hydrogen (secondary N) is 1. The van der Waals surface area contributed by atoms with Crippen LogP contribution in [0.15, 0.2) is 41.9 Å². The van der Waals surface area contributed by atoms with Gasteiger partial charge in [0.15, 0.2) is 5.13 Å². The molecule has 1 aromatic heterocycles. The Hall–Kier alpha value is -2.45. The number of amides is 2. The lowest BCUT2D eigenvalue weighted by atomic mass is 10.2. The van der Waals surface area contributed by atoms with Crippen LogP contribution in [0, 0.1) is 0 Å². The van der Waals surface area contributed by atoms with Gasteiger partial charge in [0.2, 0.25) is 5.91 Å². The Kier molecular flexibility index (Phi) is 5.07. The number of aromatic nitrogens is 1. The van der Waals surface area contributed by atoms with Gasteiger partial charge >= 0.3 is 6.09 Å². The van der Waals surface area contributed by atoms with E-state index in [0.717, 1.165) is 5.56 Å². The van der Waals surface area contributed by atoms with Gasteiger partial charge in [0.1, 0.15) is 12.6 Å². The highest BCUT2D eigenvalue weighted by molar-refractivity contribution is 7.13. The molecule has 0 unspecified atom stereocenters. The van der Waals surface area contributed by atoms with E-state index in [4.69, 9.17) is 4.74 Å². The second-order valence-electron chi connectivity index (χ2n) is 5.42. The Balaban J connectivity index is 1.61. The molecular formula is C16H17N3O4S. The predicted octanol–water partition coefficient (Wildman–Crippen LogP) is 1.85. The quantitative estimate of drug-likeness (QED) is 0.881. The highest BCUT2D eigenvalue weighted by Crippen LogP contribution is 2.22. The van der Waals surface area contributed by atoms with Gasteiger partial charge < -0.3 is 15.2 Å². The van der Waals surface area contributed by atoms with Crippen LogP contribution in [0.25, 0.3) is 0 Å². The van der Waals surface area contributed by atoms with E-state index in [1.807, 2.05) is 30.3 Å². The van der Waals surface area contributed by atoms with Crippen LogP contribution in [0.4, 0.5) is 9.93 Å². The highest BCUT2D eigenvalue weighted by Gasteiger charge is 2.40. The first-order chi connectivity index (χ1) is 11.6. The molecule has 2 atom stereocenters. The summed E-state index contributed by atoms with van der Waals surface area (Å²) in [4.78, 5) is 29.9. The first-order valence-electron chi connectivity index (χ1n) is 7.49. The molecule has 2 aromatic rings. The van der Waals surface area contributed by atoms with Crippen molar-refractivity contribution < 1.29 is 19.4 Å². The maximum absolute atomic E-state index is 12.3. The average molecular weight is 347 g/mol. The number of aliphatic hydroxyl groups excluding tert-OH is 1. The largest absolute Gasteiger partial charge is 0.445 e. The number of aliphatic hydroxyl groups is 1. The van der Waals surface area contributed by atoms with E-state index in [1.54, 1.807) is 11.6 Å². The maximum Gasteiger partial charge on any atom is 0.410 e. The highest BCUT2D eigenvalue weighted by atomic mass is 32.1. The Bertz CT molecular complexity index is 693. The molecule has 1 aromatic carbocycles. The molecule has 8 heteroatoms. The van der Waals surface area contributed by atoms with Crippen molar-refractivity contribution >= 4 is 28.5 Å². The fraction of sp³-hybridized carbons (Fsp3) is 0.312. The van der Waals surface area contributed by atoms with Crippen LogP contribution in [-0.4, -0.2) is 45.7 Å². The number of anilines is 1. The topological polar surface area (TPSA) is 91.8 Å². The zero-order valence-electron chi connectivity index (χ0n) is 12.8. The summed E-state index contributed by atoms with van der Waals surface area (Å²) in [5, 5.41) is 14.7. The molecule has 0 bridgehead atoms. The molecule has 0 spiro atoms. The van der Waals surface area contributed by atoms with Crippen LogP contribution >= 0.6 is 11.3 Å². The fourth-order valence-corrected chi connectivity index (χ4v) is 3.07. The minimum Gasteiger partial charge on any atom is -0.445 e. The minimum absolute atomic E-state index is 0.0730. The Labute approximate surface area is 142 Å². The van der Waals surface area contributed by atoms with Crippen molar-refractivity contribution in [2.75, 3.05) is 11.9 Å². The van der Waals surface area contributed by atoms with Crippen LogP contribution in [0.3, 0.4) is 0 Å². The number of carbonyl (C=O) groups is 2. The number of hydrogen-bond acceptors (Lipinski definition) is 6. The fourth-order valence-electron chi connectivity index (χ4n) is 2.54. The number of ether oxygens (including phenoxy) is 1. The molecule has 1 aliphatic rings. The molecule has 0 aliphatic carbocycles. The van der Waals surface area contributed by atoms with Crippen LogP contribution in [0.2, 0.25) is 0 Å². The third-order valence-corrected chi connectivity index (χ3v) is 4.37. The minimum atomic E-state index is -0.771. The van der Waals surface area contributed by atoms with Crippen molar-refractivity contribution in [1.82, 2.24) is 9.88 Å². The van der Waals surface area contributed by atoms with Crippen LogP contribution in [-0.2, 0) is 16.1 Å². The third-order valence-electron chi connectivity index (χ3n) is 3.68. The molecule has 7 nitrogen and oxygen atoms in total. The third kappa shape index (κ3) is 3.90. The SMILES string of the molecule is O=C(Nc1nccs1)[C@H]1C[C@@H](O)CN1C(=O)OCc1ccccc1. The second-order valence-corrected chi connectivity index (χ2v) is 6.32. The molecule has 2 N–H and O–H groups in total. The van der Waals surface area contributed by atoms with E-state index < -0.39 is 18.2 Å². The van der Waals surface area contributed by atoms with Crippen molar-refractivity contribution in [3.05, 3.63) is 47.5 Å². The smallest absolute Gasteiger partial charge is 0.410 e. The van der Waals surface area contributed by atoms with Crippen molar-refractivity contribution in [3.63, 3.8) is 0 Å². The first-order valence-corrected chi connectivity index (χ1v) is 8.37. The number of benzene rings is 1. The van der Waals surface area contributed by atoms with Crippen molar-refractivity contribution in [3.8, 4) is 0 Å². The molecule has 24 heavy (non-hydrogen) atoms. The van der Waals surface area contributed by atoms with E-state index in [1.165, 1.54) is 16.2 Å². The number of β-amino-alcohol motifs (C(OH)–C–C–N with tert-alkyl or cyclic N) is 1. The summed E-state index contributed by atoms with van der Waals surface area (Å²) in [5.41, 5.74) is 0.856. The second kappa shape index (κ2) is 7.41. The molecule has 2 heterocycles. The molecular weight excluding hydrogens is 330 g/mol. The Morgan fingerprint density at radius 2 is 2.17 bits per heavy atom. The first kappa shape index (κ1) is 16.4. The number of hydrogen-bond donors (Lipinski definition) is 2. The molecule has 1 saturated heterocycles. The summed E-state index contributed by atoms with van der Waals surface area (Å²) < 4.78 is 5.26. The van der Waals surface area contributed by atoms with Gasteiger partial charge in [-0.15, -0.1) is 11.3 Å². The average Bonchev–Trinajstić information content (AvgIpc) is 3.23. The molecule has 0 radical (unpaired) electrons. The standard InChI is InChI=1S/C16H17N3O4S/c20-12-8-13(14(21)18-15-17-6-7-24-15)19(9-12)16(22)23-10-11-4-2-1-3-5-11/h1-7,12-13,20H,8-10H2,(H,17,18,21)/t12-,13-/m1/s1. The zero-order valence-corrected chi connectivity index (χ0v) is 13.6. The van der Waals surface area contributed by atoms with Crippen LogP contribution in [0.1, 0.15) is 12.0 Å². The predicted molar refractivity (Wildman–Crippen MR) is 88.5 cm³/mol. The van der Waals surface area contributed by atoms with Gasteiger partial charge in [-0.1, -0.05) is 30.3 Å². The Morgan fingerprint density at radius 3 is 2.88 bits per heavy atom. The van der Waals surface area contributed by atoms with Gasteiger partial charge in [0.05, 0.1) is 12.6 Å². The maximum atomic E-state index is 12.3. The van der Waals surface area contributed by atoms with Gasteiger partial charge in [-0.05, 0) is 5.56 Å². The molecule has 1 fully saturated rings. The van der Waals surface area contributed by atoms with Crippen molar-refractivity contribution in [1.29, 1.82) is 0 Å². The van der Waals surface area contributed by atoms with Crippen LogP contribution < -0.4 is 5.32 Å². The van der Waals surface area contributed by atoms with E-state index in [-0.39, 0.29) is 25.5 Å². The summed E-state index contributed by atoms with van der Waals surface area (Å²) in [6.45, 7) is 0.191. The van der Waals surface area contributed by atoms with Gasteiger partial charge in [-0.25, -0.2) is 9.78 Å². The van der Waals surface area contributed by atoms with Gasteiger partial charge in [-0.3, -0.25) is 9.69 Å². The lowest BCUT2D eigenvalue weighted by Crippen LogP contribution is -2.43. The molecule has 3 rings (SSSR count). The number of thiazole rings is 1. The van der Waals surface area contributed by atoms with E-state index in [9.17, 15) is 14.7 Å². The summed E-state index contributed by atoms with van der Waals surface area (Å²) in [5.74, 6) is -0.377. The summed E-state index contributed by atoms with van der Waals surface area (Å²) in [6, 6.07) is 8.51. The van der Waals surface area contributed by atoms with E-state index in [2.05, 4.69) is 10.3 Å². The lowest BCUT2D eigenvalue weighted by Gasteiger charge is -2.22.